The average molecular weight is 291 g/mol. The lowest BCUT2D eigenvalue weighted by atomic mass is 10.1. The van der Waals surface area contributed by atoms with Crippen molar-refractivity contribution in [3.8, 4) is 11.4 Å². The molecular weight excluding hydrogens is 280 g/mol. The third-order valence-corrected chi connectivity index (χ3v) is 3.83. The summed E-state index contributed by atoms with van der Waals surface area (Å²) in [5.41, 5.74) is 1.95. The van der Waals surface area contributed by atoms with Crippen LogP contribution in [0, 0.1) is 0 Å². The van der Waals surface area contributed by atoms with Crippen LogP contribution in [0.25, 0.3) is 33.1 Å². The van der Waals surface area contributed by atoms with Crippen LogP contribution in [0.5, 0.6) is 0 Å². The van der Waals surface area contributed by atoms with Crippen LogP contribution in [0.15, 0.2) is 66.9 Å². The van der Waals surface area contributed by atoms with Crippen LogP contribution < -0.4 is 0 Å². The molecule has 0 unspecified atom stereocenters. The Morgan fingerprint density at radius 3 is 2.38 bits per heavy atom. The molecule has 0 N–H and O–H groups in total. The number of hydrogen-bond donors (Lipinski definition) is 0. The van der Waals surface area contributed by atoms with Gasteiger partial charge in [0, 0.05) is 27.6 Å². The van der Waals surface area contributed by atoms with Crippen molar-refractivity contribution in [2.45, 2.75) is 0 Å². The molecule has 4 rings (SSSR count). The van der Waals surface area contributed by atoms with Crippen molar-refractivity contribution >= 4 is 33.3 Å². The van der Waals surface area contributed by atoms with Gasteiger partial charge in [0.05, 0.1) is 5.52 Å². The summed E-state index contributed by atoms with van der Waals surface area (Å²) in [5, 5.41) is 4.09. The van der Waals surface area contributed by atoms with E-state index in [1.807, 2.05) is 42.6 Å². The molecule has 1 heterocycles. The Balaban J connectivity index is 2.00. The van der Waals surface area contributed by atoms with Gasteiger partial charge in [0.15, 0.2) is 5.82 Å². The SMILES string of the molecule is Clc1ccc(-c2ncc3ccc4ccccc4c3n2)cc1. The van der Waals surface area contributed by atoms with Gasteiger partial charge in [-0.15, -0.1) is 0 Å². The van der Waals surface area contributed by atoms with E-state index in [4.69, 9.17) is 16.6 Å². The number of hydrogen-bond acceptors (Lipinski definition) is 2. The van der Waals surface area contributed by atoms with Gasteiger partial charge in [-0.25, -0.2) is 9.97 Å². The van der Waals surface area contributed by atoms with Crippen LogP contribution in [0.1, 0.15) is 0 Å². The molecule has 0 atom stereocenters. The summed E-state index contributed by atoms with van der Waals surface area (Å²) >= 11 is 5.93. The van der Waals surface area contributed by atoms with Crippen LogP contribution >= 0.6 is 11.6 Å². The van der Waals surface area contributed by atoms with E-state index in [9.17, 15) is 0 Å². The largest absolute Gasteiger partial charge is 0.236 e. The van der Waals surface area contributed by atoms with E-state index >= 15 is 0 Å². The average Bonchev–Trinajstić information content (AvgIpc) is 2.55. The fourth-order valence-corrected chi connectivity index (χ4v) is 2.63. The van der Waals surface area contributed by atoms with E-state index in [-0.39, 0.29) is 0 Å². The Morgan fingerprint density at radius 1 is 0.762 bits per heavy atom. The molecule has 21 heavy (non-hydrogen) atoms. The van der Waals surface area contributed by atoms with Crippen LogP contribution in [0.2, 0.25) is 5.02 Å². The highest BCUT2D eigenvalue weighted by molar-refractivity contribution is 6.30. The molecule has 0 amide bonds. The third-order valence-electron chi connectivity index (χ3n) is 3.58. The van der Waals surface area contributed by atoms with E-state index in [2.05, 4.69) is 29.2 Å². The normalized spacial score (nSPS) is 11.1. The minimum atomic E-state index is 0.713. The van der Waals surface area contributed by atoms with Crippen molar-refractivity contribution in [3.63, 3.8) is 0 Å². The predicted molar refractivity (Wildman–Crippen MR) is 87.5 cm³/mol. The summed E-state index contributed by atoms with van der Waals surface area (Å²) in [5.74, 6) is 0.718. The summed E-state index contributed by atoms with van der Waals surface area (Å²) in [6, 6.07) is 20.0. The van der Waals surface area contributed by atoms with Gasteiger partial charge in [0.2, 0.25) is 0 Å². The maximum Gasteiger partial charge on any atom is 0.159 e. The molecule has 0 saturated carbocycles. The van der Waals surface area contributed by atoms with Crippen LogP contribution in [-0.2, 0) is 0 Å². The van der Waals surface area contributed by atoms with E-state index in [0.29, 0.717) is 5.02 Å². The summed E-state index contributed by atoms with van der Waals surface area (Å²) in [4.78, 5) is 9.21. The lowest BCUT2D eigenvalue weighted by Gasteiger charge is -2.05. The predicted octanol–water partition coefficient (Wildman–Crippen LogP) is 5.10. The Hall–Kier alpha value is -2.45. The number of halogens is 1. The molecule has 0 spiro atoms. The van der Waals surface area contributed by atoms with Crippen LogP contribution in [0.4, 0.5) is 0 Å². The Labute approximate surface area is 127 Å². The summed E-state index contributed by atoms with van der Waals surface area (Å²) in [7, 11) is 0. The van der Waals surface area contributed by atoms with E-state index in [1.54, 1.807) is 0 Å². The molecule has 0 radical (unpaired) electrons. The molecule has 0 aliphatic rings. The van der Waals surface area contributed by atoms with Crippen molar-refractivity contribution in [1.82, 2.24) is 9.97 Å². The molecule has 2 nitrogen and oxygen atoms in total. The van der Waals surface area contributed by atoms with Gasteiger partial charge >= 0.3 is 0 Å². The molecule has 100 valence electrons. The van der Waals surface area contributed by atoms with Gasteiger partial charge in [0.25, 0.3) is 0 Å². The number of benzene rings is 3. The molecule has 4 aromatic rings. The van der Waals surface area contributed by atoms with Gasteiger partial charge < -0.3 is 0 Å². The molecule has 0 aliphatic heterocycles. The second kappa shape index (κ2) is 4.83. The van der Waals surface area contributed by atoms with Crippen molar-refractivity contribution in [1.29, 1.82) is 0 Å². The number of aromatic nitrogens is 2. The molecule has 0 aliphatic carbocycles. The lowest BCUT2D eigenvalue weighted by molar-refractivity contribution is 1.23. The monoisotopic (exact) mass is 290 g/mol. The minimum absolute atomic E-state index is 0.713. The fourth-order valence-electron chi connectivity index (χ4n) is 2.50. The highest BCUT2D eigenvalue weighted by atomic mass is 35.5. The molecule has 3 aromatic carbocycles. The smallest absolute Gasteiger partial charge is 0.159 e. The van der Waals surface area contributed by atoms with Gasteiger partial charge in [-0.1, -0.05) is 48.0 Å². The molecule has 0 saturated heterocycles. The molecule has 0 bridgehead atoms. The van der Waals surface area contributed by atoms with Crippen LogP contribution in [0.3, 0.4) is 0 Å². The number of nitrogens with zero attached hydrogens (tertiary/aromatic N) is 2. The first kappa shape index (κ1) is 12.3. The molecular formula is C18H11ClN2. The highest BCUT2D eigenvalue weighted by Crippen LogP contribution is 2.26. The van der Waals surface area contributed by atoms with Crippen molar-refractivity contribution < 1.29 is 0 Å². The summed E-state index contributed by atoms with van der Waals surface area (Å²) in [6.07, 6.45) is 1.87. The summed E-state index contributed by atoms with van der Waals surface area (Å²) < 4.78 is 0. The van der Waals surface area contributed by atoms with Crippen LogP contribution in [-0.4, -0.2) is 9.97 Å². The highest BCUT2D eigenvalue weighted by Gasteiger charge is 2.06. The van der Waals surface area contributed by atoms with Crippen molar-refractivity contribution in [2.75, 3.05) is 0 Å². The number of fused-ring (bicyclic) bond motifs is 3. The van der Waals surface area contributed by atoms with Gasteiger partial charge in [-0.05, 0) is 29.7 Å². The first-order chi connectivity index (χ1) is 10.3. The first-order valence-electron chi connectivity index (χ1n) is 6.72. The lowest BCUT2D eigenvalue weighted by Crippen LogP contribution is -1.90. The molecule has 0 fully saturated rings. The zero-order valence-corrected chi connectivity index (χ0v) is 11.9. The maximum atomic E-state index is 5.93. The van der Waals surface area contributed by atoms with E-state index in [1.165, 1.54) is 5.39 Å². The number of rotatable bonds is 1. The zero-order valence-electron chi connectivity index (χ0n) is 11.1. The Morgan fingerprint density at radius 2 is 1.52 bits per heavy atom. The Kier molecular flexibility index (Phi) is 2.83. The zero-order chi connectivity index (χ0) is 14.2. The van der Waals surface area contributed by atoms with Gasteiger partial charge in [0.1, 0.15) is 0 Å². The topological polar surface area (TPSA) is 25.8 Å². The van der Waals surface area contributed by atoms with Crippen molar-refractivity contribution in [2.24, 2.45) is 0 Å². The van der Waals surface area contributed by atoms with Gasteiger partial charge in [-0.3, -0.25) is 0 Å². The second-order valence-electron chi connectivity index (χ2n) is 4.93. The van der Waals surface area contributed by atoms with E-state index in [0.717, 1.165) is 27.7 Å². The second-order valence-corrected chi connectivity index (χ2v) is 5.36. The standard InChI is InChI=1S/C18H11ClN2/c19-15-9-7-13(8-10-15)18-20-11-14-6-5-12-3-1-2-4-16(12)17(14)21-18/h1-11H. The maximum absolute atomic E-state index is 5.93. The third kappa shape index (κ3) is 2.14. The molecule has 3 heteroatoms. The first-order valence-corrected chi connectivity index (χ1v) is 7.09. The fraction of sp³-hybridized carbons (Fsp3) is 0. The minimum Gasteiger partial charge on any atom is -0.236 e. The summed E-state index contributed by atoms with van der Waals surface area (Å²) in [6.45, 7) is 0. The quantitative estimate of drug-likeness (QED) is 0.456. The molecule has 1 aromatic heterocycles. The Bertz CT molecular complexity index is 946. The van der Waals surface area contributed by atoms with Gasteiger partial charge in [-0.2, -0.15) is 0 Å². The van der Waals surface area contributed by atoms with Crippen molar-refractivity contribution in [3.05, 3.63) is 71.9 Å². The van der Waals surface area contributed by atoms with E-state index < -0.39 is 0 Å².